The summed E-state index contributed by atoms with van der Waals surface area (Å²) >= 11 is 0. The van der Waals surface area contributed by atoms with E-state index in [2.05, 4.69) is 59.6 Å². The van der Waals surface area contributed by atoms with Gasteiger partial charge in [0.1, 0.15) is 5.69 Å². The van der Waals surface area contributed by atoms with Gasteiger partial charge in [0.05, 0.1) is 17.6 Å². The topological polar surface area (TPSA) is 98.9 Å². The van der Waals surface area contributed by atoms with Crippen LogP contribution in [0.5, 0.6) is 0 Å². The van der Waals surface area contributed by atoms with Crippen molar-refractivity contribution in [1.82, 2.24) is 35.3 Å². The summed E-state index contributed by atoms with van der Waals surface area (Å²) in [7, 11) is 0. The molecule has 0 unspecified atom stereocenters. The molecule has 6 rings (SSSR count). The highest BCUT2D eigenvalue weighted by molar-refractivity contribution is 6.00. The summed E-state index contributed by atoms with van der Waals surface area (Å²) in [4.78, 5) is 12.5. The Morgan fingerprint density at radius 2 is 1.83 bits per heavy atom. The van der Waals surface area contributed by atoms with Gasteiger partial charge in [-0.3, -0.25) is 15.2 Å². The molecule has 0 saturated heterocycles. The Hall–Kier alpha value is -4.26. The fraction of sp³-hybridized carbons (Fsp3) is 0. The summed E-state index contributed by atoms with van der Waals surface area (Å²) in [5.41, 5.74) is 7.55. The zero-order valence-electron chi connectivity index (χ0n) is 15.2. The summed E-state index contributed by atoms with van der Waals surface area (Å²) in [5.74, 6) is 0. The van der Waals surface area contributed by atoms with Crippen LogP contribution in [-0.4, -0.2) is 35.3 Å². The number of fused-ring (bicyclic) bond motifs is 2. The first kappa shape index (κ1) is 15.8. The molecule has 3 N–H and O–H groups in total. The number of benzene rings is 1. The van der Waals surface area contributed by atoms with E-state index in [0.717, 1.165) is 55.7 Å². The van der Waals surface area contributed by atoms with Crippen LogP contribution in [0.1, 0.15) is 0 Å². The van der Waals surface area contributed by atoms with Crippen LogP contribution in [0.4, 0.5) is 0 Å². The molecule has 0 radical (unpaired) electrons. The first-order chi connectivity index (χ1) is 14.4. The lowest BCUT2D eigenvalue weighted by atomic mass is 10.1. The van der Waals surface area contributed by atoms with Crippen molar-refractivity contribution in [3.63, 3.8) is 0 Å². The second kappa shape index (κ2) is 6.13. The van der Waals surface area contributed by atoms with Gasteiger partial charge >= 0.3 is 0 Å². The maximum absolute atomic E-state index is 4.53. The number of pyridine rings is 2. The Kier molecular flexibility index (Phi) is 3.33. The molecule has 29 heavy (non-hydrogen) atoms. The van der Waals surface area contributed by atoms with E-state index in [-0.39, 0.29) is 0 Å². The van der Waals surface area contributed by atoms with Crippen molar-refractivity contribution in [3.8, 4) is 33.8 Å². The van der Waals surface area contributed by atoms with E-state index < -0.39 is 0 Å². The largest absolute Gasteiger partial charge is 0.353 e. The fourth-order valence-corrected chi connectivity index (χ4v) is 3.70. The third-order valence-corrected chi connectivity index (χ3v) is 5.11. The highest BCUT2D eigenvalue weighted by Crippen LogP contribution is 2.34. The Bertz CT molecular complexity index is 1440. The third kappa shape index (κ3) is 2.52. The molecule has 0 fully saturated rings. The number of aromatic amines is 3. The van der Waals surface area contributed by atoms with Crippen molar-refractivity contribution in [2.45, 2.75) is 0 Å². The average molecular weight is 377 g/mol. The molecule has 6 aromatic rings. The monoisotopic (exact) mass is 377 g/mol. The Balaban J connectivity index is 1.54. The minimum absolute atomic E-state index is 0.746. The van der Waals surface area contributed by atoms with Gasteiger partial charge < -0.3 is 4.98 Å². The third-order valence-electron chi connectivity index (χ3n) is 5.11. The summed E-state index contributed by atoms with van der Waals surface area (Å²) in [5, 5.41) is 16.5. The zero-order chi connectivity index (χ0) is 19.2. The van der Waals surface area contributed by atoms with Gasteiger partial charge in [-0.05, 0) is 30.3 Å². The smallest absolute Gasteiger partial charge is 0.155 e. The fourth-order valence-electron chi connectivity index (χ4n) is 3.70. The van der Waals surface area contributed by atoms with E-state index >= 15 is 0 Å². The molecular weight excluding hydrogens is 362 g/mol. The number of nitrogens with zero attached hydrogens (tertiary/aromatic N) is 4. The number of hydrogen-bond donors (Lipinski definition) is 3. The van der Waals surface area contributed by atoms with Gasteiger partial charge in [0, 0.05) is 51.6 Å². The number of nitrogens with one attached hydrogen (secondary N) is 3. The van der Waals surface area contributed by atoms with E-state index in [1.807, 2.05) is 42.9 Å². The van der Waals surface area contributed by atoms with Crippen LogP contribution in [0.15, 0.2) is 73.3 Å². The van der Waals surface area contributed by atoms with E-state index in [1.54, 1.807) is 6.20 Å². The predicted octanol–water partition coefficient (Wildman–Crippen LogP) is 4.56. The van der Waals surface area contributed by atoms with Crippen LogP contribution >= 0.6 is 0 Å². The molecule has 0 aliphatic rings. The number of H-pyrrole nitrogens is 3. The van der Waals surface area contributed by atoms with E-state index in [4.69, 9.17) is 0 Å². The van der Waals surface area contributed by atoms with Crippen LogP contribution in [0.2, 0.25) is 0 Å². The van der Waals surface area contributed by atoms with Gasteiger partial charge in [0.2, 0.25) is 0 Å². The molecule has 0 saturated carbocycles. The highest BCUT2D eigenvalue weighted by Gasteiger charge is 2.15. The normalized spacial score (nSPS) is 11.4. The Morgan fingerprint density at radius 3 is 2.69 bits per heavy atom. The molecule has 5 heterocycles. The SMILES string of the molecule is c1ccc(-c2cccc3[nH]c(-c4n[nH]c5ncc(-c6cn[nH]c6)cc45)cc23)nc1. The van der Waals surface area contributed by atoms with Gasteiger partial charge in [0.25, 0.3) is 0 Å². The zero-order valence-corrected chi connectivity index (χ0v) is 15.2. The summed E-state index contributed by atoms with van der Waals surface area (Å²) in [6.07, 6.45) is 7.26. The number of aromatic nitrogens is 7. The maximum atomic E-state index is 4.53. The van der Waals surface area contributed by atoms with Gasteiger partial charge in [-0.2, -0.15) is 10.2 Å². The summed E-state index contributed by atoms with van der Waals surface area (Å²) in [6.45, 7) is 0. The molecule has 0 amide bonds. The van der Waals surface area contributed by atoms with Crippen LogP contribution in [0.3, 0.4) is 0 Å². The molecule has 7 heteroatoms. The average Bonchev–Trinajstić information content (AvgIpc) is 3.52. The molecule has 7 nitrogen and oxygen atoms in total. The molecule has 138 valence electrons. The second-order valence-corrected chi connectivity index (χ2v) is 6.84. The van der Waals surface area contributed by atoms with E-state index in [9.17, 15) is 0 Å². The number of hydrogen-bond acceptors (Lipinski definition) is 4. The highest BCUT2D eigenvalue weighted by atomic mass is 15.2. The van der Waals surface area contributed by atoms with Crippen LogP contribution in [0.25, 0.3) is 55.7 Å². The first-order valence-corrected chi connectivity index (χ1v) is 9.23. The Morgan fingerprint density at radius 1 is 0.828 bits per heavy atom. The van der Waals surface area contributed by atoms with Gasteiger partial charge in [-0.25, -0.2) is 4.98 Å². The molecule has 0 aliphatic carbocycles. The summed E-state index contributed by atoms with van der Waals surface area (Å²) in [6, 6.07) is 16.3. The maximum Gasteiger partial charge on any atom is 0.155 e. The van der Waals surface area contributed by atoms with Crippen molar-refractivity contribution in [3.05, 3.63) is 73.3 Å². The van der Waals surface area contributed by atoms with Crippen molar-refractivity contribution >= 4 is 21.9 Å². The molecule has 5 aromatic heterocycles. The van der Waals surface area contributed by atoms with Crippen molar-refractivity contribution < 1.29 is 0 Å². The van der Waals surface area contributed by atoms with Gasteiger partial charge in [0.15, 0.2) is 5.65 Å². The molecule has 0 atom stereocenters. The van der Waals surface area contributed by atoms with Crippen molar-refractivity contribution in [2.24, 2.45) is 0 Å². The van der Waals surface area contributed by atoms with Crippen LogP contribution < -0.4 is 0 Å². The van der Waals surface area contributed by atoms with Gasteiger partial charge in [-0.1, -0.05) is 18.2 Å². The standard InChI is InChI=1S/C22H15N7/c1-2-7-23-18(5-1)15-4-3-6-19-16(15)9-20(27-19)21-17-8-13(14-11-25-26-12-14)10-24-22(17)29-28-21/h1-12,27H,(H,25,26)(H,24,28,29). The first-order valence-electron chi connectivity index (χ1n) is 9.23. The lowest BCUT2D eigenvalue weighted by Gasteiger charge is -2.01. The van der Waals surface area contributed by atoms with Crippen LogP contribution in [-0.2, 0) is 0 Å². The minimum atomic E-state index is 0.746. The molecule has 0 aliphatic heterocycles. The quantitative estimate of drug-likeness (QED) is 0.421. The van der Waals surface area contributed by atoms with Crippen LogP contribution in [0, 0.1) is 0 Å². The second-order valence-electron chi connectivity index (χ2n) is 6.84. The minimum Gasteiger partial charge on any atom is -0.353 e. The summed E-state index contributed by atoms with van der Waals surface area (Å²) < 4.78 is 0. The molecule has 1 aromatic carbocycles. The molecule has 0 spiro atoms. The predicted molar refractivity (Wildman–Crippen MR) is 112 cm³/mol. The number of rotatable bonds is 3. The lowest BCUT2D eigenvalue weighted by molar-refractivity contribution is 1.09. The van der Waals surface area contributed by atoms with Gasteiger partial charge in [-0.15, -0.1) is 0 Å². The van der Waals surface area contributed by atoms with E-state index in [0.29, 0.717) is 0 Å². The Labute approximate surface area is 164 Å². The van der Waals surface area contributed by atoms with Crippen molar-refractivity contribution in [2.75, 3.05) is 0 Å². The lowest BCUT2D eigenvalue weighted by Crippen LogP contribution is -1.82. The molecular formula is C22H15N7. The van der Waals surface area contributed by atoms with Crippen molar-refractivity contribution in [1.29, 1.82) is 0 Å². The van der Waals surface area contributed by atoms with E-state index in [1.165, 1.54) is 0 Å². The molecule has 0 bridgehead atoms.